The maximum atomic E-state index is 12.6. The molecule has 0 saturated carbocycles. The van der Waals surface area contributed by atoms with Crippen LogP contribution < -0.4 is 9.62 Å². The molecule has 0 bridgehead atoms. The van der Waals surface area contributed by atoms with E-state index in [1.807, 2.05) is 37.3 Å². The number of carbonyl (C=O) groups is 1. The number of anilines is 2. The SMILES string of the molecule is Cc1ccc(N2C(=O)CS[C@@H]2c2cccc(NS(=O)(=O)c3ccccc3)c2)cc1. The molecule has 3 aromatic rings. The van der Waals surface area contributed by atoms with Crippen molar-refractivity contribution in [3.63, 3.8) is 0 Å². The van der Waals surface area contributed by atoms with E-state index < -0.39 is 10.0 Å². The number of rotatable bonds is 5. The van der Waals surface area contributed by atoms with Gasteiger partial charge in [-0.25, -0.2) is 8.42 Å². The van der Waals surface area contributed by atoms with Crippen molar-refractivity contribution in [2.75, 3.05) is 15.4 Å². The molecule has 29 heavy (non-hydrogen) atoms. The molecule has 0 spiro atoms. The van der Waals surface area contributed by atoms with Crippen LogP contribution in [0.5, 0.6) is 0 Å². The molecule has 1 amide bonds. The summed E-state index contributed by atoms with van der Waals surface area (Å²) in [5.74, 6) is 0.428. The Balaban J connectivity index is 1.63. The summed E-state index contributed by atoms with van der Waals surface area (Å²) in [5, 5.41) is -0.202. The molecule has 3 aromatic carbocycles. The fraction of sp³-hybridized carbons (Fsp3) is 0.136. The highest BCUT2D eigenvalue weighted by Crippen LogP contribution is 2.42. The molecule has 1 N–H and O–H groups in total. The van der Waals surface area contributed by atoms with E-state index in [0.717, 1.165) is 16.8 Å². The minimum Gasteiger partial charge on any atom is -0.295 e. The normalized spacial score (nSPS) is 16.8. The largest absolute Gasteiger partial charge is 0.295 e. The number of hydrogen-bond acceptors (Lipinski definition) is 4. The number of nitrogens with zero attached hydrogens (tertiary/aromatic N) is 1. The third kappa shape index (κ3) is 4.16. The second-order valence-corrected chi connectivity index (χ2v) is 9.56. The van der Waals surface area contributed by atoms with Gasteiger partial charge in [0.2, 0.25) is 5.91 Å². The van der Waals surface area contributed by atoms with Crippen LogP contribution in [0.4, 0.5) is 11.4 Å². The van der Waals surface area contributed by atoms with Gasteiger partial charge in [-0.15, -0.1) is 11.8 Å². The van der Waals surface area contributed by atoms with Crippen LogP contribution in [-0.2, 0) is 14.8 Å². The zero-order chi connectivity index (χ0) is 20.4. The summed E-state index contributed by atoms with van der Waals surface area (Å²) in [6.07, 6.45) is 0. The van der Waals surface area contributed by atoms with Crippen molar-refractivity contribution in [2.45, 2.75) is 17.2 Å². The molecule has 7 heteroatoms. The van der Waals surface area contributed by atoms with E-state index in [1.54, 1.807) is 53.4 Å². The van der Waals surface area contributed by atoms with Gasteiger partial charge in [-0.1, -0.05) is 48.0 Å². The van der Waals surface area contributed by atoms with Gasteiger partial charge < -0.3 is 0 Å². The highest BCUT2D eigenvalue weighted by molar-refractivity contribution is 8.00. The van der Waals surface area contributed by atoms with Crippen molar-refractivity contribution >= 4 is 39.1 Å². The van der Waals surface area contributed by atoms with Gasteiger partial charge in [-0.3, -0.25) is 14.4 Å². The first-order valence-electron chi connectivity index (χ1n) is 9.12. The number of benzene rings is 3. The summed E-state index contributed by atoms with van der Waals surface area (Å²) < 4.78 is 27.9. The Bertz CT molecular complexity index is 1130. The lowest BCUT2D eigenvalue weighted by Crippen LogP contribution is -2.27. The summed E-state index contributed by atoms with van der Waals surface area (Å²) in [7, 11) is -3.67. The van der Waals surface area contributed by atoms with Crippen LogP contribution in [0, 0.1) is 6.92 Å². The highest BCUT2D eigenvalue weighted by Gasteiger charge is 2.34. The van der Waals surface area contributed by atoms with Crippen LogP contribution in [0.25, 0.3) is 0 Å². The number of nitrogens with one attached hydrogen (secondary N) is 1. The molecule has 1 aliphatic heterocycles. The average molecular weight is 425 g/mol. The smallest absolute Gasteiger partial charge is 0.261 e. The molecule has 1 saturated heterocycles. The zero-order valence-corrected chi connectivity index (χ0v) is 17.4. The lowest BCUT2D eigenvalue weighted by molar-refractivity contribution is -0.115. The Hall–Kier alpha value is -2.77. The molecule has 0 unspecified atom stereocenters. The van der Waals surface area contributed by atoms with Crippen molar-refractivity contribution in [2.24, 2.45) is 0 Å². The molecule has 1 heterocycles. The number of aryl methyl sites for hydroxylation is 1. The van der Waals surface area contributed by atoms with Crippen LogP contribution in [-0.4, -0.2) is 20.1 Å². The summed E-state index contributed by atoms with van der Waals surface area (Å²) >= 11 is 1.53. The summed E-state index contributed by atoms with van der Waals surface area (Å²) in [6, 6.07) is 23.3. The fourth-order valence-corrected chi connectivity index (χ4v) is 5.46. The third-order valence-corrected chi connectivity index (χ3v) is 7.27. The van der Waals surface area contributed by atoms with Crippen molar-refractivity contribution in [1.29, 1.82) is 0 Å². The lowest BCUT2D eigenvalue weighted by Gasteiger charge is -2.25. The van der Waals surface area contributed by atoms with E-state index in [9.17, 15) is 13.2 Å². The van der Waals surface area contributed by atoms with Gasteiger partial charge in [0, 0.05) is 11.4 Å². The molecule has 148 valence electrons. The Morgan fingerprint density at radius 2 is 1.69 bits per heavy atom. The molecule has 1 fully saturated rings. The van der Waals surface area contributed by atoms with E-state index in [0.29, 0.717) is 11.4 Å². The van der Waals surface area contributed by atoms with Crippen LogP contribution in [0.3, 0.4) is 0 Å². The van der Waals surface area contributed by atoms with Gasteiger partial charge in [0.15, 0.2) is 0 Å². The zero-order valence-electron chi connectivity index (χ0n) is 15.8. The first-order chi connectivity index (χ1) is 13.9. The first kappa shape index (κ1) is 19.5. The molecular weight excluding hydrogens is 404 g/mol. The Kier molecular flexibility index (Phi) is 5.34. The average Bonchev–Trinajstić information content (AvgIpc) is 3.11. The lowest BCUT2D eigenvalue weighted by atomic mass is 10.1. The second-order valence-electron chi connectivity index (χ2n) is 6.81. The molecule has 1 atom stereocenters. The number of sulfonamides is 1. The quantitative estimate of drug-likeness (QED) is 0.651. The van der Waals surface area contributed by atoms with E-state index >= 15 is 0 Å². The molecule has 0 radical (unpaired) electrons. The van der Waals surface area contributed by atoms with Gasteiger partial charge in [-0.2, -0.15) is 0 Å². The molecule has 1 aliphatic rings. The van der Waals surface area contributed by atoms with Crippen LogP contribution in [0.15, 0.2) is 83.8 Å². The predicted octanol–water partition coefficient (Wildman–Crippen LogP) is 4.57. The van der Waals surface area contributed by atoms with E-state index in [1.165, 1.54) is 11.8 Å². The monoisotopic (exact) mass is 424 g/mol. The summed E-state index contributed by atoms with van der Waals surface area (Å²) in [5.41, 5.74) is 3.30. The maximum Gasteiger partial charge on any atom is 0.261 e. The van der Waals surface area contributed by atoms with E-state index in [-0.39, 0.29) is 16.2 Å². The van der Waals surface area contributed by atoms with Crippen LogP contribution >= 0.6 is 11.8 Å². The van der Waals surface area contributed by atoms with Crippen molar-refractivity contribution in [3.8, 4) is 0 Å². The Morgan fingerprint density at radius 3 is 2.41 bits per heavy atom. The molecular formula is C22H20N2O3S2. The summed E-state index contributed by atoms with van der Waals surface area (Å²) in [4.78, 5) is 14.5. The van der Waals surface area contributed by atoms with Gasteiger partial charge in [0.1, 0.15) is 5.37 Å². The standard InChI is InChI=1S/C22H20N2O3S2/c1-16-10-12-19(13-11-16)24-21(25)15-28-22(24)17-6-5-7-18(14-17)23-29(26,27)20-8-3-2-4-9-20/h2-14,22-23H,15H2,1H3/t22-/m1/s1. The minimum absolute atomic E-state index is 0.0409. The predicted molar refractivity (Wildman–Crippen MR) is 118 cm³/mol. The molecule has 4 rings (SSSR count). The van der Waals surface area contributed by atoms with Crippen molar-refractivity contribution < 1.29 is 13.2 Å². The number of carbonyl (C=O) groups excluding carboxylic acids is 1. The molecule has 0 aliphatic carbocycles. The number of hydrogen-bond donors (Lipinski definition) is 1. The summed E-state index contributed by atoms with van der Waals surface area (Å²) in [6.45, 7) is 2.00. The third-order valence-electron chi connectivity index (χ3n) is 4.66. The van der Waals surface area contributed by atoms with Gasteiger partial charge in [0.05, 0.1) is 10.6 Å². The fourth-order valence-electron chi connectivity index (χ4n) is 3.22. The number of thioether (sulfide) groups is 1. The Morgan fingerprint density at radius 1 is 0.966 bits per heavy atom. The Labute approximate surface area is 174 Å². The van der Waals surface area contributed by atoms with E-state index in [2.05, 4.69) is 4.72 Å². The van der Waals surface area contributed by atoms with Gasteiger partial charge in [-0.05, 0) is 48.9 Å². The first-order valence-corrected chi connectivity index (χ1v) is 11.7. The second kappa shape index (κ2) is 7.93. The number of amides is 1. The molecule has 5 nitrogen and oxygen atoms in total. The topological polar surface area (TPSA) is 66.5 Å². The van der Waals surface area contributed by atoms with E-state index in [4.69, 9.17) is 0 Å². The maximum absolute atomic E-state index is 12.6. The van der Waals surface area contributed by atoms with Crippen molar-refractivity contribution in [1.82, 2.24) is 0 Å². The van der Waals surface area contributed by atoms with Crippen LogP contribution in [0.2, 0.25) is 0 Å². The van der Waals surface area contributed by atoms with Crippen LogP contribution in [0.1, 0.15) is 16.5 Å². The minimum atomic E-state index is -3.67. The van der Waals surface area contributed by atoms with Gasteiger partial charge >= 0.3 is 0 Å². The highest BCUT2D eigenvalue weighted by atomic mass is 32.2. The van der Waals surface area contributed by atoms with Crippen molar-refractivity contribution in [3.05, 3.63) is 90.0 Å². The van der Waals surface area contributed by atoms with Gasteiger partial charge in [0.25, 0.3) is 10.0 Å². The molecule has 0 aromatic heterocycles.